The quantitative estimate of drug-likeness (QED) is 0.592. The van der Waals surface area contributed by atoms with Crippen LogP contribution in [0.3, 0.4) is 0 Å². The number of amides is 2. The van der Waals surface area contributed by atoms with E-state index in [0.717, 1.165) is 5.01 Å². The van der Waals surface area contributed by atoms with Gasteiger partial charge in [-0.1, -0.05) is 24.3 Å². The molecule has 2 aromatic carbocycles. The SMILES string of the molecule is O=C(NN1C(=O)[C@@H](Cl)[C@H]1c1ccc(O)cc1)c1ccccc1O. The average molecular weight is 333 g/mol. The van der Waals surface area contributed by atoms with Gasteiger partial charge < -0.3 is 10.2 Å². The number of phenols is 2. The Kier molecular flexibility index (Phi) is 3.83. The lowest BCUT2D eigenvalue weighted by atomic mass is 9.95. The highest BCUT2D eigenvalue weighted by Gasteiger charge is 2.48. The maximum Gasteiger partial charge on any atom is 0.273 e. The van der Waals surface area contributed by atoms with Crippen molar-refractivity contribution in [3.05, 3.63) is 59.7 Å². The molecule has 1 aliphatic heterocycles. The minimum absolute atomic E-state index is 0.0581. The number of para-hydroxylation sites is 1. The summed E-state index contributed by atoms with van der Waals surface area (Å²) in [5.74, 6) is -1.13. The van der Waals surface area contributed by atoms with Crippen LogP contribution in [0.15, 0.2) is 48.5 Å². The molecule has 23 heavy (non-hydrogen) atoms. The topological polar surface area (TPSA) is 89.9 Å². The summed E-state index contributed by atoms with van der Waals surface area (Å²) < 4.78 is 0. The van der Waals surface area contributed by atoms with Crippen LogP contribution in [0.5, 0.6) is 11.5 Å². The third-order valence-corrected chi connectivity index (χ3v) is 4.06. The Morgan fingerprint density at radius 2 is 1.74 bits per heavy atom. The predicted octanol–water partition coefficient (Wildman–Crippen LogP) is 1.93. The van der Waals surface area contributed by atoms with Gasteiger partial charge >= 0.3 is 0 Å². The molecular formula is C16H13ClN2O4. The number of hydrogen-bond acceptors (Lipinski definition) is 4. The molecule has 0 radical (unpaired) electrons. The molecule has 0 saturated carbocycles. The number of nitrogens with one attached hydrogen (secondary N) is 1. The molecule has 0 aromatic heterocycles. The van der Waals surface area contributed by atoms with Gasteiger partial charge in [-0.05, 0) is 29.8 Å². The highest BCUT2D eigenvalue weighted by atomic mass is 35.5. The summed E-state index contributed by atoms with van der Waals surface area (Å²) in [7, 11) is 0. The van der Waals surface area contributed by atoms with E-state index in [9.17, 15) is 19.8 Å². The van der Waals surface area contributed by atoms with Crippen LogP contribution in [-0.4, -0.2) is 32.4 Å². The van der Waals surface area contributed by atoms with Crippen LogP contribution in [0.2, 0.25) is 0 Å². The van der Waals surface area contributed by atoms with Gasteiger partial charge in [0.1, 0.15) is 22.9 Å². The minimum atomic E-state index is -0.802. The fraction of sp³-hybridized carbons (Fsp3) is 0.125. The molecule has 1 fully saturated rings. The van der Waals surface area contributed by atoms with Crippen LogP contribution >= 0.6 is 11.6 Å². The van der Waals surface area contributed by atoms with Gasteiger partial charge in [0, 0.05) is 0 Å². The number of carbonyl (C=O) groups excluding carboxylic acids is 2. The number of hydrazine groups is 1. The Balaban J connectivity index is 1.81. The van der Waals surface area contributed by atoms with Crippen molar-refractivity contribution in [1.29, 1.82) is 0 Å². The van der Waals surface area contributed by atoms with Gasteiger partial charge in [0.25, 0.3) is 11.8 Å². The largest absolute Gasteiger partial charge is 0.508 e. The van der Waals surface area contributed by atoms with Gasteiger partial charge in [0.15, 0.2) is 0 Å². The first-order valence-electron chi connectivity index (χ1n) is 6.84. The van der Waals surface area contributed by atoms with Crippen LogP contribution in [0.1, 0.15) is 22.0 Å². The monoisotopic (exact) mass is 332 g/mol. The average Bonchev–Trinajstić information content (AvgIpc) is 2.56. The van der Waals surface area contributed by atoms with E-state index in [4.69, 9.17) is 11.6 Å². The van der Waals surface area contributed by atoms with Gasteiger partial charge in [-0.25, -0.2) is 5.01 Å². The summed E-state index contributed by atoms with van der Waals surface area (Å²) in [5, 5.41) is 19.3. The second-order valence-electron chi connectivity index (χ2n) is 5.10. The van der Waals surface area contributed by atoms with E-state index < -0.39 is 23.2 Å². The van der Waals surface area contributed by atoms with Crippen molar-refractivity contribution in [2.75, 3.05) is 0 Å². The Morgan fingerprint density at radius 1 is 1.09 bits per heavy atom. The molecule has 0 spiro atoms. The third-order valence-electron chi connectivity index (χ3n) is 3.63. The first-order chi connectivity index (χ1) is 11.0. The molecule has 0 bridgehead atoms. The van der Waals surface area contributed by atoms with Gasteiger partial charge in [-0.15, -0.1) is 11.6 Å². The molecule has 1 saturated heterocycles. The van der Waals surface area contributed by atoms with E-state index in [-0.39, 0.29) is 17.1 Å². The highest BCUT2D eigenvalue weighted by Crippen LogP contribution is 2.37. The van der Waals surface area contributed by atoms with E-state index in [1.165, 1.54) is 24.3 Å². The van der Waals surface area contributed by atoms with Crippen LogP contribution in [0.4, 0.5) is 0 Å². The summed E-state index contributed by atoms with van der Waals surface area (Å²) in [5.41, 5.74) is 3.19. The molecule has 1 aliphatic rings. The van der Waals surface area contributed by atoms with Gasteiger partial charge in [-0.2, -0.15) is 0 Å². The molecule has 2 amide bonds. The number of nitrogens with zero attached hydrogens (tertiary/aromatic N) is 1. The van der Waals surface area contributed by atoms with Crippen LogP contribution in [0, 0.1) is 0 Å². The Bertz CT molecular complexity index is 763. The molecule has 1 heterocycles. The lowest BCUT2D eigenvalue weighted by molar-refractivity contribution is -0.149. The van der Waals surface area contributed by atoms with Crippen LogP contribution in [-0.2, 0) is 4.79 Å². The lowest BCUT2D eigenvalue weighted by Crippen LogP contribution is -2.63. The van der Waals surface area contributed by atoms with Crippen molar-refractivity contribution < 1.29 is 19.8 Å². The highest BCUT2D eigenvalue weighted by molar-refractivity contribution is 6.33. The number of aromatic hydroxyl groups is 2. The second-order valence-corrected chi connectivity index (χ2v) is 5.57. The van der Waals surface area contributed by atoms with E-state index in [1.807, 2.05) is 0 Å². The van der Waals surface area contributed by atoms with Crippen LogP contribution < -0.4 is 5.43 Å². The zero-order valence-electron chi connectivity index (χ0n) is 11.8. The first kappa shape index (κ1) is 15.2. The summed E-state index contributed by atoms with van der Waals surface area (Å²) >= 11 is 6.04. The smallest absolute Gasteiger partial charge is 0.273 e. The molecule has 2 aromatic rings. The zero-order chi connectivity index (χ0) is 16.6. The fourth-order valence-corrected chi connectivity index (χ4v) is 2.77. The maximum atomic E-state index is 12.2. The minimum Gasteiger partial charge on any atom is -0.508 e. The van der Waals surface area contributed by atoms with Crippen molar-refractivity contribution in [3.63, 3.8) is 0 Å². The molecular weight excluding hydrogens is 320 g/mol. The van der Waals surface area contributed by atoms with Crippen molar-refractivity contribution in [3.8, 4) is 11.5 Å². The Morgan fingerprint density at radius 3 is 2.39 bits per heavy atom. The van der Waals surface area contributed by atoms with Gasteiger partial charge in [0.05, 0.1) is 5.56 Å². The van der Waals surface area contributed by atoms with Crippen molar-refractivity contribution in [1.82, 2.24) is 10.4 Å². The summed E-state index contributed by atoms with van der Waals surface area (Å²) in [6.07, 6.45) is 0. The van der Waals surface area contributed by atoms with Crippen molar-refractivity contribution in [2.24, 2.45) is 0 Å². The predicted molar refractivity (Wildman–Crippen MR) is 82.9 cm³/mol. The molecule has 3 N–H and O–H groups in total. The van der Waals surface area contributed by atoms with Crippen molar-refractivity contribution in [2.45, 2.75) is 11.4 Å². The van der Waals surface area contributed by atoms with Gasteiger partial charge in [0.2, 0.25) is 0 Å². The summed E-state index contributed by atoms with van der Waals surface area (Å²) in [6, 6.07) is 11.7. The number of hydrogen-bond donors (Lipinski definition) is 3. The molecule has 7 heteroatoms. The standard InChI is InChI=1S/C16H13ClN2O4/c17-13-14(9-5-7-10(20)8-6-9)19(16(13)23)18-15(22)11-3-1-2-4-12(11)21/h1-8,13-14,20-21H,(H,18,22)/t13-,14+/m0/s1. The molecule has 3 rings (SSSR count). The number of alkyl halides is 1. The normalized spacial score (nSPS) is 20.0. The number of halogens is 1. The Hall–Kier alpha value is -2.73. The molecule has 6 nitrogen and oxygen atoms in total. The van der Waals surface area contributed by atoms with Gasteiger partial charge in [-0.3, -0.25) is 15.0 Å². The molecule has 0 unspecified atom stereocenters. The maximum absolute atomic E-state index is 12.2. The number of β-lactam (4-membered cyclic amide) rings is 1. The fourth-order valence-electron chi connectivity index (χ4n) is 2.40. The summed E-state index contributed by atoms with van der Waals surface area (Å²) in [4.78, 5) is 24.1. The lowest BCUT2D eigenvalue weighted by Gasteiger charge is -2.43. The number of carbonyl (C=O) groups is 2. The van der Waals surface area contributed by atoms with E-state index in [2.05, 4.69) is 5.43 Å². The van der Waals surface area contributed by atoms with E-state index >= 15 is 0 Å². The second kappa shape index (κ2) is 5.81. The number of phenolic OH excluding ortho intramolecular Hbond substituents is 2. The van der Waals surface area contributed by atoms with E-state index in [0.29, 0.717) is 5.56 Å². The number of rotatable bonds is 3. The third kappa shape index (κ3) is 2.68. The molecule has 0 aliphatic carbocycles. The molecule has 118 valence electrons. The Labute approximate surface area is 136 Å². The first-order valence-corrected chi connectivity index (χ1v) is 7.27. The number of benzene rings is 2. The van der Waals surface area contributed by atoms with Crippen molar-refractivity contribution >= 4 is 23.4 Å². The zero-order valence-corrected chi connectivity index (χ0v) is 12.6. The van der Waals surface area contributed by atoms with Crippen LogP contribution in [0.25, 0.3) is 0 Å². The van der Waals surface area contributed by atoms with E-state index in [1.54, 1.807) is 24.3 Å². The summed E-state index contributed by atoms with van der Waals surface area (Å²) in [6.45, 7) is 0. The molecule has 2 atom stereocenters.